The van der Waals surface area contributed by atoms with E-state index in [0.29, 0.717) is 16.7 Å². The fraction of sp³-hybridized carbons (Fsp3) is 0.0909. The van der Waals surface area contributed by atoms with Crippen LogP contribution in [0.3, 0.4) is 0 Å². The van der Waals surface area contributed by atoms with Gasteiger partial charge in [0.1, 0.15) is 5.82 Å². The molecule has 0 aliphatic carbocycles. The largest absolute Gasteiger partial charge is 0.325 e. The molecular weight excluding hydrogens is 343 g/mol. The number of carbonyl (C=O) groups is 2. The van der Waals surface area contributed by atoms with E-state index < -0.39 is 17.4 Å². The van der Waals surface area contributed by atoms with Crippen LogP contribution in [-0.2, 0) is 16.9 Å². The fourth-order valence-electron chi connectivity index (χ4n) is 3.47. The number of nitrogens with zero attached hydrogens (tertiary/aromatic N) is 1. The molecule has 0 spiro atoms. The van der Waals surface area contributed by atoms with Crippen molar-refractivity contribution in [1.82, 2.24) is 10.2 Å². The molecule has 1 fully saturated rings. The van der Waals surface area contributed by atoms with Crippen LogP contribution >= 0.6 is 0 Å². The minimum absolute atomic E-state index is 0.00381. The lowest BCUT2D eigenvalue weighted by Gasteiger charge is -2.28. The minimum atomic E-state index is -1.30. The van der Waals surface area contributed by atoms with E-state index in [1.807, 2.05) is 60.7 Å². The number of imide groups is 1. The second kappa shape index (κ2) is 6.68. The summed E-state index contributed by atoms with van der Waals surface area (Å²) in [5.41, 5.74) is 0.607. The Morgan fingerprint density at radius 1 is 0.815 bits per heavy atom. The first-order valence-corrected chi connectivity index (χ1v) is 8.61. The molecule has 0 atom stereocenters. The molecule has 5 heteroatoms. The molecular formula is C22H17FN2O2. The molecule has 3 aromatic rings. The highest BCUT2D eigenvalue weighted by atomic mass is 19.1. The molecule has 0 radical (unpaired) electrons. The Kier molecular flexibility index (Phi) is 4.20. The second-order valence-corrected chi connectivity index (χ2v) is 6.43. The van der Waals surface area contributed by atoms with E-state index in [1.165, 1.54) is 12.1 Å². The van der Waals surface area contributed by atoms with Gasteiger partial charge in [0.15, 0.2) is 5.54 Å². The monoisotopic (exact) mass is 360 g/mol. The average Bonchev–Trinajstić information content (AvgIpc) is 2.95. The van der Waals surface area contributed by atoms with E-state index in [0.717, 1.165) is 4.90 Å². The molecule has 1 heterocycles. The lowest BCUT2D eigenvalue weighted by molar-refractivity contribution is -0.130. The normalized spacial score (nSPS) is 15.7. The SMILES string of the molecule is O=C1NC(c2ccccc2)(c2ccccc2)C(=O)N1Cc1cccc(F)c1. The van der Waals surface area contributed by atoms with Gasteiger partial charge in [-0.25, -0.2) is 9.18 Å². The van der Waals surface area contributed by atoms with Crippen molar-refractivity contribution in [2.45, 2.75) is 12.1 Å². The number of hydrogen-bond donors (Lipinski definition) is 1. The summed E-state index contributed by atoms with van der Waals surface area (Å²) in [4.78, 5) is 27.3. The molecule has 27 heavy (non-hydrogen) atoms. The van der Waals surface area contributed by atoms with Gasteiger partial charge in [0.25, 0.3) is 5.91 Å². The molecule has 1 saturated heterocycles. The van der Waals surface area contributed by atoms with Gasteiger partial charge in [0.2, 0.25) is 0 Å². The lowest BCUT2D eigenvalue weighted by Crippen LogP contribution is -2.45. The number of benzene rings is 3. The predicted octanol–water partition coefficient (Wildman–Crippen LogP) is 3.82. The van der Waals surface area contributed by atoms with Gasteiger partial charge < -0.3 is 5.32 Å². The van der Waals surface area contributed by atoms with Crippen molar-refractivity contribution >= 4 is 11.9 Å². The molecule has 0 unspecified atom stereocenters. The Hall–Kier alpha value is -3.47. The molecule has 0 aromatic heterocycles. The minimum Gasteiger partial charge on any atom is -0.315 e. The van der Waals surface area contributed by atoms with E-state index in [1.54, 1.807) is 12.1 Å². The average molecular weight is 360 g/mol. The molecule has 0 bridgehead atoms. The van der Waals surface area contributed by atoms with E-state index in [4.69, 9.17) is 0 Å². The standard InChI is InChI=1S/C22H17FN2O2/c23-19-13-7-8-16(14-19)15-25-20(26)22(24-21(25)27,17-9-3-1-4-10-17)18-11-5-2-6-12-18/h1-14H,15H2,(H,24,27). The van der Waals surface area contributed by atoms with E-state index in [9.17, 15) is 14.0 Å². The van der Waals surface area contributed by atoms with Crippen LogP contribution in [0.2, 0.25) is 0 Å². The molecule has 3 amide bonds. The predicted molar refractivity (Wildman–Crippen MR) is 99.1 cm³/mol. The Labute approximate surface area is 156 Å². The maximum Gasteiger partial charge on any atom is 0.325 e. The first-order valence-electron chi connectivity index (χ1n) is 8.61. The van der Waals surface area contributed by atoms with Crippen molar-refractivity contribution in [2.24, 2.45) is 0 Å². The summed E-state index contributed by atoms with van der Waals surface area (Å²) in [6.45, 7) is 0.00381. The molecule has 4 nitrogen and oxygen atoms in total. The highest BCUT2D eigenvalue weighted by molar-refractivity contribution is 6.09. The maximum atomic E-state index is 13.5. The van der Waals surface area contributed by atoms with Gasteiger partial charge in [-0.15, -0.1) is 0 Å². The number of halogens is 1. The number of rotatable bonds is 4. The van der Waals surface area contributed by atoms with Crippen LogP contribution in [0, 0.1) is 5.82 Å². The van der Waals surface area contributed by atoms with E-state index >= 15 is 0 Å². The van der Waals surface area contributed by atoms with Crippen LogP contribution in [0.4, 0.5) is 9.18 Å². The van der Waals surface area contributed by atoms with Crippen LogP contribution in [-0.4, -0.2) is 16.8 Å². The summed E-state index contributed by atoms with van der Waals surface area (Å²) in [5.74, 6) is -0.786. The number of hydrogen-bond acceptors (Lipinski definition) is 2. The Morgan fingerprint density at radius 3 is 1.96 bits per heavy atom. The van der Waals surface area contributed by atoms with Crippen molar-refractivity contribution in [1.29, 1.82) is 0 Å². The first kappa shape index (κ1) is 17.0. The van der Waals surface area contributed by atoms with Crippen LogP contribution in [0.15, 0.2) is 84.9 Å². The zero-order valence-electron chi connectivity index (χ0n) is 14.4. The van der Waals surface area contributed by atoms with Crippen LogP contribution in [0.1, 0.15) is 16.7 Å². The zero-order valence-corrected chi connectivity index (χ0v) is 14.4. The Morgan fingerprint density at radius 2 is 1.41 bits per heavy atom. The number of nitrogens with one attached hydrogen (secondary N) is 1. The Balaban J connectivity index is 1.79. The van der Waals surface area contributed by atoms with Crippen molar-refractivity contribution in [2.75, 3.05) is 0 Å². The van der Waals surface area contributed by atoms with Crippen LogP contribution in [0.5, 0.6) is 0 Å². The molecule has 3 aromatic carbocycles. The van der Waals surface area contributed by atoms with Gasteiger partial charge in [0.05, 0.1) is 6.54 Å². The highest BCUT2D eigenvalue weighted by Gasteiger charge is 2.53. The molecule has 1 aliphatic rings. The van der Waals surface area contributed by atoms with Crippen LogP contribution in [0.25, 0.3) is 0 Å². The molecule has 1 N–H and O–H groups in total. The van der Waals surface area contributed by atoms with Gasteiger partial charge in [-0.3, -0.25) is 9.69 Å². The third-order valence-corrected chi connectivity index (χ3v) is 4.75. The number of amides is 3. The van der Waals surface area contributed by atoms with Crippen molar-refractivity contribution in [3.63, 3.8) is 0 Å². The van der Waals surface area contributed by atoms with E-state index in [2.05, 4.69) is 5.32 Å². The topological polar surface area (TPSA) is 49.4 Å². The Bertz CT molecular complexity index is 950. The lowest BCUT2D eigenvalue weighted by atomic mass is 9.82. The van der Waals surface area contributed by atoms with Crippen LogP contribution < -0.4 is 5.32 Å². The highest BCUT2D eigenvalue weighted by Crippen LogP contribution is 2.36. The second-order valence-electron chi connectivity index (χ2n) is 6.43. The quantitative estimate of drug-likeness (QED) is 0.719. The summed E-state index contributed by atoms with van der Waals surface area (Å²) in [7, 11) is 0. The molecule has 0 saturated carbocycles. The summed E-state index contributed by atoms with van der Waals surface area (Å²) >= 11 is 0. The fourth-order valence-corrected chi connectivity index (χ4v) is 3.47. The summed E-state index contributed by atoms with van der Waals surface area (Å²) in [6.07, 6.45) is 0. The summed E-state index contributed by atoms with van der Waals surface area (Å²) in [5, 5.41) is 2.88. The third kappa shape index (κ3) is 2.87. The molecule has 134 valence electrons. The first-order chi connectivity index (χ1) is 13.1. The molecule has 1 aliphatic heterocycles. The smallest absolute Gasteiger partial charge is 0.315 e. The van der Waals surface area contributed by atoms with Crippen molar-refractivity contribution < 1.29 is 14.0 Å². The zero-order chi connectivity index (χ0) is 18.9. The van der Waals surface area contributed by atoms with Gasteiger partial charge in [0, 0.05) is 0 Å². The van der Waals surface area contributed by atoms with Gasteiger partial charge in [-0.2, -0.15) is 0 Å². The summed E-state index contributed by atoms with van der Waals surface area (Å²) < 4.78 is 13.5. The summed E-state index contributed by atoms with van der Waals surface area (Å²) in [6, 6.07) is 23.7. The number of carbonyl (C=O) groups excluding carboxylic acids is 2. The van der Waals surface area contributed by atoms with Gasteiger partial charge in [-0.1, -0.05) is 72.8 Å². The number of urea groups is 1. The van der Waals surface area contributed by atoms with Crippen molar-refractivity contribution in [3.05, 3.63) is 107 Å². The maximum absolute atomic E-state index is 13.5. The van der Waals surface area contributed by atoms with Crippen molar-refractivity contribution in [3.8, 4) is 0 Å². The van der Waals surface area contributed by atoms with Gasteiger partial charge in [-0.05, 0) is 28.8 Å². The molecule has 4 rings (SSSR count). The van der Waals surface area contributed by atoms with E-state index in [-0.39, 0.29) is 12.5 Å². The van der Waals surface area contributed by atoms with Gasteiger partial charge >= 0.3 is 6.03 Å². The third-order valence-electron chi connectivity index (χ3n) is 4.75.